The summed E-state index contributed by atoms with van der Waals surface area (Å²) in [5.41, 5.74) is 1.19. The van der Waals surface area contributed by atoms with Crippen molar-refractivity contribution in [2.24, 2.45) is 0 Å². The van der Waals surface area contributed by atoms with E-state index in [4.69, 9.17) is 5.11 Å². The van der Waals surface area contributed by atoms with E-state index in [-0.39, 0.29) is 11.7 Å². The Balaban J connectivity index is 2.15. The topological polar surface area (TPSA) is 67.2 Å². The highest BCUT2D eigenvalue weighted by Crippen LogP contribution is 2.24. The average Bonchev–Trinajstić information content (AvgIpc) is 2.68. The van der Waals surface area contributed by atoms with Crippen LogP contribution in [-0.2, 0) is 6.54 Å². The number of aromatic nitrogens is 2. The Labute approximate surface area is 107 Å². The summed E-state index contributed by atoms with van der Waals surface area (Å²) in [6, 6.07) is 1.97. The molecule has 2 heterocycles. The molecule has 5 heteroatoms. The van der Waals surface area contributed by atoms with Gasteiger partial charge >= 0.3 is 5.97 Å². The van der Waals surface area contributed by atoms with Crippen LogP contribution in [0.15, 0.2) is 6.07 Å². The summed E-state index contributed by atoms with van der Waals surface area (Å²) in [5, 5.41) is 16.7. The second kappa shape index (κ2) is 6.00. The molecule has 5 nitrogen and oxygen atoms in total. The Morgan fingerprint density at radius 3 is 3.17 bits per heavy atom. The van der Waals surface area contributed by atoms with E-state index >= 15 is 0 Å². The van der Waals surface area contributed by atoms with Gasteiger partial charge in [-0.2, -0.15) is 5.10 Å². The van der Waals surface area contributed by atoms with Crippen LogP contribution in [0.3, 0.4) is 0 Å². The molecule has 0 radical (unpaired) electrons. The summed E-state index contributed by atoms with van der Waals surface area (Å²) in [7, 11) is 0. The van der Waals surface area contributed by atoms with Crippen LogP contribution in [0.5, 0.6) is 0 Å². The Bertz CT molecular complexity index is 414. The quantitative estimate of drug-likeness (QED) is 0.787. The number of hydrogen-bond acceptors (Lipinski definition) is 3. The van der Waals surface area contributed by atoms with Crippen LogP contribution >= 0.6 is 0 Å². The van der Waals surface area contributed by atoms with E-state index in [1.54, 1.807) is 6.07 Å². The van der Waals surface area contributed by atoms with E-state index in [0.29, 0.717) is 0 Å². The first-order chi connectivity index (χ1) is 8.72. The number of aromatic carboxylic acids is 1. The highest BCUT2D eigenvalue weighted by Gasteiger charge is 2.22. The molecular weight excluding hydrogens is 230 g/mol. The van der Waals surface area contributed by atoms with Gasteiger partial charge in [-0.3, -0.25) is 4.68 Å². The summed E-state index contributed by atoms with van der Waals surface area (Å²) in [5.74, 6) is -0.942. The maximum Gasteiger partial charge on any atom is 0.356 e. The molecule has 0 fully saturated rings. The molecule has 0 saturated heterocycles. The fourth-order valence-corrected chi connectivity index (χ4v) is 2.41. The molecule has 18 heavy (non-hydrogen) atoms. The molecule has 0 spiro atoms. The molecule has 1 aliphatic rings. The van der Waals surface area contributed by atoms with E-state index in [1.165, 1.54) is 6.42 Å². The number of unbranched alkanes of at least 4 members (excludes halogenated alkanes) is 1. The molecule has 1 atom stereocenters. The van der Waals surface area contributed by atoms with E-state index in [0.717, 1.165) is 44.5 Å². The zero-order valence-corrected chi connectivity index (χ0v) is 10.9. The highest BCUT2D eigenvalue weighted by molar-refractivity contribution is 5.85. The van der Waals surface area contributed by atoms with Crippen molar-refractivity contribution in [2.75, 3.05) is 6.54 Å². The molecule has 0 aliphatic carbocycles. The molecular formula is C13H21N3O2. The fraction of sp³-hybridized carbons (Fsp3) is 0.692. The van der Waals surface area contributed by atoms with Gasteiger partial charge < -0.3 is 10.4 Å². The number of nitrogens with zero attached hydrogens (tertiary/aromatic N) is 2. The van der Waals surface area contributed by atoms with E-state index < -0.39 is 5.97 Å². The van der Waals surface area contributed by atoms with Gasteiger partial charge in [-0.05, 0) is 38.3 Å². The lowest BCUT2D eigenvalue weighted by molar-refractivity contribution is 0.0689. The lowest BCUT2D eigenvalue weighted by Crippen LogP contribution is -2.23. The van der Waals surface area contributed by atoms with Crippen LogP contribution < -0.4 is 5.32 Å². The van der Waals surface area contributed by atoms with E-state index in [2.05, 4.69) is 17.3 Å². The molecule has 1 aromatic heterocycles. The molecule has 0 aromatic carbocycles. The standard InChI is InChI=1S/C13H21N3O2/c1-2-3-7-14-10-6-4-5-8-16-12(10)9-11(15-16)13(17)18/h9-10,14H,2-8H2,1H3,(H,17,18). The van der Waals surface area contributed by atoms with Crippen LogP contribution in [-0.4, -0.2) is 27.4 Å². The van der Waals surface area contributed by atoms with Gasteiger partial charge in [0.2, 0.25) is 0 Å². The van der Waals surface area contributed by atoms with Crippen molar-refractivity contribution in [1.29, 1.82) is 0 Å². The second-order valence-corrected chi connectivity index (χ2v) is 4.84. The molecule has 0 bridgehead atoms. The average molecular weight is 251 g/mol. The van der Waals surface area contributed by atoms with Crippen LogP contribution in [0.4, 0.5) is 0 Å². The Kier molecular flexibility index (Phi) is 4.36. The van der Waals surface area contributed by atoms with Crippen molar-refractivity contribution in [3.63, 3.8) is 0 Å². The molecule has 1 aromatic rings. The number of nitrogens with one attached hydrogen (secondary N) is 1. The van der Waals surface area contributed by atoms with Gasteiger partial charge in [-0.1, -0.05) is 13.3 Å². The predicted molar refractivity (Wildman–Crippen MR) is 68.7 cm³/mol. The van der Waals surface area contributed by atoms with Gasteiger partial charge in [-0.25, -0.2) is 4.79 Å². The van der Waals surface area contributed by atoms with Crippen molar-refractivity contribution in [3.05, 3.63) is 17.5 Å². The minimum atomic E-state index is -0.942. The first-order valence-electron chi connectivity index (χ1n) is 6.76. The number of carboxylic acids is 1. The molecule has 1 aliphatic heterocycles. The second-order valence-electron chi connectivity index (χ2n) is 4.84. The Morgan fingerprint density at radius 1 is 1.61 bits per heavy atom. The number of fused-ring (bicyclic) bond motifs is 1. The lowest BCUT2D eigenvalue weighted by Gasteiger charge is -2.16. The lowest BCUT2D eigenvalue weighted by atomic mass is 10.1. The predicted octanol–water partition coefficient (Wildman–Crippen LogP) is 2.20. The van der Waals surface area contributed by atoms with Crippen molar-refractivity contribution in [3.8, 4) is 0 Å². The van der Waals surface area contributed by atoms with Crippen LogP contribution in [0.2, 0.25) is 0 Å². The van der Waals surface area contributed by atoms with Crippen molar-refractivity contribution in [1.82, 2.24) is 15.1 Å². The van der Waals surface area contributed by atoms with Gasteiger partial charge in [0, 0.05) is 12.6 Å². The fourth-order valence-electron chi connectivity index (χ4n) is 2.41. The number of rotatable bonds is 5. The van der Waals surface area contributed by atoms with E-state index in [1.807, 2.05) is 4.68 Å². The molecule has 100 valence electrons. The Morgan fingerprint density at radius 2 is 2.44 bits per heavy atom. The van der Waals surface area contributed by atoms with Crippen molar-refractivity contribution < 1.29 is 9.90 Å². The monoisotopic (exact) mass is 251 g/mol. The SMILES string of the molecule is CCCCNC1CCCCn2nc(C(=O)O)cc21. The van der Waals surface area contributed by atoms with E-state index in [9.17, 15) is 4.79 Å². The number of hydrogen-bond donors (Lipinski definition) is 2. The first-order valence-corrected chi connectivity index (χ1v) is 6.76. The van der Waals surface area contributed by atoms with Gasteiger partial charge in [0.25, 0.3) is 0 Å². The van der Waals surface area contributed by atoms with Gasteiger partial charge in [0.1, 0.15) is 0 Å². The summed E-state index contributed by atoms with van der Waals surface area (Å²) >= 11 is 0. The largest absolute Gasteiger partial charge is 0.476 e. The van der Waals surface area contributed by atoms with Crippen LogP contribution in [0.25, 0.3) is 0 Å². The summed E-state index contributed by atoms with van der Waals surface area (Å²) in [6.45, 7) is 3.98. The maximum atomic E-state index is 11.0. The summed E-state index contributed by atoms with van der Waals surface area (Å²) in [4.78, 5) is 11.0. The van der Waals surface area contributed by atoms with Crippen molar-refractivity contribution >= 4 is 5.97 Å². The minimum Gasteiger partial charge on any atom is -0.476 e. The van der Waals surface area contributed by atoms with Crippen LogP contribution in [0, 0.1) is 0 Å². The van der Waals surface area contributed by atoms with Gasteiger partial charge in [0.05, 0.1) is 5.69 Å². The maximum absolute atomic E-state index is 11.0. The van der Waals surface area contributed by atoms with Gasteiger partial charge in [0.15, 0.2) is 5.69 Å². The minimum absolute atomic E-state index is 0.161. The third kappa shape index (κ3) is 2.90. The Hall–Kier alpha value is -1.36. The first kappa shape index (κ1) is 13.1. The van der Waals surface area contributed by atoms with Crippen LogP contribution in [0.1, 0.15) is 61.3 Å². The van der Waals surface area contributed by atoms with Gasteiger partial charge in [-0.15, -0.1) is 0 Å². The molecule has 1 unspecified atom stereocenters. The number of aryl methyl sites for hydroxylation is 1. The normalized spacial score (nSPS) is 19.3. The third-order valence-electron chi connectivity index (χ3n) is 3.42. The smallest absolute Gasteiger partial charge is 0.356 e. The zero-order chi connectivity index (χ0) is 13.0. The molecule has 2 rings (SSSR count). The molecule has 0 saturated carbocycles. The highest BCUT2D eigenvalue weighted by atomic mass is 16.4. The summed E-state index contributed by atoms with van der Waals surface area (Å²) < 4.78 is 1.86. The number of carbonyl (C=O) groups is 1. The molecule has 2 N–H and O–H groups in total. The third-order valence-corrected chi connectivity index (χ3v) is 3.42. The summed E-state index contributed by atoms with van der Waals surface area (Å²) in [6.07, 6.45) is 5.61. The van der Waals surface area contributed by atoms with Crippen molar-refractivity contribution in [2.45, 2.75) is 51.6 Å². The molecule has 0 amide bonds. The zero-order valence-electron chi connectivity index (χ0n) is 10.9. The number of carboxylic acid groups (broad SMARTS) is 1.